The molecule has 1 amide bonds. The van der Waals surface area contributed by atoms with Gasteiger partial charge in [0.25, 0.3) is 0 Å². The summed E-state index contributed by atoms with van der Waals surface area (Å²) in [7, 11) is 3.96. The van der Waals surface area contributed by atoms with Gasteiger partial charge in [0.05, 0.1) is 24.0 Å². The van der Waals surface area contributed by atoms with Gasteiger partial charge in [0, 0.05) is 43.1 Å². The number of carbonyl (C=O) groups is 2. The zero-order valence-corrected chi connectivity index (χ0v) is 32.1. The molecule has 1 saturated heterocycles. The lowest BCUT2D eigenvalue weighted by Crippen LogP contribution is -2.42. The van der Waals surface area contributed by atoms with Crippen molar-refractivity contribution in [2.24, 2.45) is 16.8 Å². The van der Waals surface area contributed by atoms with Crippen molar-refractivity contribution in [2.75, 3.05) is 25.9 Å². The molecule has 3 N–H and O–H groups in total. The van der Waals surface area contributed by atoms with Crippen molar-refractivity contribution in [3.8, 4) is 5.75 Å². The molecule has 2 atom stereocenters. The fourth-order valence-electron chi connectivity index (χ4n) is 5.88. The lowest BCUT2D eigenvalue weighted by Gasteiger charge is -2.34. The number of anilines is 1. The molecule has 0 radical (unpaired) electrons. The van der Waals surface area contributed by atoms with Crippen LogP contribution in [0, 0.1) is 17.7 Å². The van der Waals surface area contributed by atoms with Crippen LogP contribution < -0.4 is 21.1 Å². The normalized spacial score (nSPS) is 18.5. The Balaban J connectivity index is 1.51. The van der Waals surface area contributed by atoms with E-state index in [0.717, 1.165) is 5.57 Å². The highest BCUT2D eigenvalue weighted by atomic mass is 31.0. The van der Waals surface area contributed by atoms with Crippen LogP contribution in [0.1, 0.15) is 64.2 Å². The molecule has 286 valence electrons. The number of ether oxygens (including phenoxy) is 3. The van der Waals surface area contributed by atoms with E-state index < -0.39 is 29.9 Å². The lowest BCUT2D eigenvalue weighted by atomic mass is 9.87. The molecule has 2 aromatic rings. The molecular formula is C38H48F3N6O5P. The van der Waals surface area contributed by atoms with Gasteiger partial charge < -0.3 is 30.2 Å². The third kappa shape index (κ3) is 10.6. The number of hydrogen-bond donors (Lipinski definition) is 2. The Morgan fingerprint density at radius 1 is 1.25 bits per heavy atom. The molecule has 0 bridgehead atoms. The van der Waals surface area contributed by atoms with Crippen LogP contribution in [0.3, 0.4) is 0 Å². The highest BCUT2D eigenvalue weighted by molar-refractivity contribution is 7.27. The Kier molecular flexibility index (Phi) is 13.7. The first-order valence-electron chi connectivity index (χ1n) is 17.3. The number of hydrogen-bond acceptors (Lipinski definition) is 9. The molecule has 11 nitrogen and oxygen atoms in total. The van der Waals surface area contributed by atoms with Gasteiger partial charge in [-0.3, -0.25) is 9.79 Å². The Hall–Kier alpha value is -4.84. The monoisotopic (exact) mass is 756 g/mol. The number of para-hydroxylation sites is 1. The number of alkyl halides is 2. The van der Waals surface area contributed by atoms with E-state index in [-0.39, 0.29) is 52.9 Å². The van der Waals surface area contributed by atoms with Crippen LogP contribution in [-0.2, 0) is 16.0 Å². The molecule has 2 aliphatic rings. The zero-order chi connectivity index (χ0) is 39.0. The topological polar surface area (TPSA) is 133 Å². The quantitative estimate of drug-likeness (QED) is 0.0588. The Bertz CT molecular complexity index is 1830. The van der Waals surface area contributed by atoms with Crippen molar-refractivity contribution >= 4 is 38.1 Å². The van der Waals surface area contributed by atoms with Crippen molar-refractivity contribution in [3.63, 3.8) is 0 Å². The molecule has 4 rings (SSSR count). The molecule has 0 aliphatic carbocycles. The molecule has 1 aromatic carbocycles. The third-order valence-corrected chi connectivity index (χ3v) is 9.15. The van der Waals surface area contributed by atoms with Gasteiger partial charge in [-0.1, -0.05) is 32.6 Å². The molecule has 3 heterocycles. The minimum absolute atomic E-state index is 0.0460. The summed E-state index contributed by atoms with van der Waals surface area (Å²) in [5.41, 5.74) is 8.09. The third-order valence-electron chi connectivity index (χ3n) is 8.70. The first-order valence-corrected chi connectivity index (χ1v) is 17.9. The van der Waals surface area contributed by atoms with E-state index in [4.69, 9.17) is 19.9 Å². The second kappa shape index (κ2) is 17.8. The molecule has 0 saturated carbocycles. The number of benzene rings is 1. The number of carbonyl (C=O) groups excluding carboxylic acids is 2. The summed E-state index contributed by atoms with van der Waals surface area (Å²) in [5, 5.41) is 8.05. The van der Waals surface area contributed by atoms with Crippen LogP contribution in [0.2, 0.25) is 0 Å². The SMILES string of the molecule is C=C/C(OC(F)F)=C(\C=C1\NC(C(=O)c2cnn(C/C(=C\C(=NC)Oc3c(F)cccc3P)CC)c2N)=CC1C)C1CCN(C(=O)OC(C)(C)C)CC1. The number of Topliss-reactive ketones (excluding diaryl/α,β-unsaturated/α-hetero) is 1. The molecule has 2 aliphatic heterocycles. The van der Waals surface area contributed by atoms with Crippen molar-refractivity contribution < 1.29 is 37.0 Å². The van der Waals surface area contributed by atoms with E-state index in [2.05, 4.69) is 31.2 Å². The number of piperidine rings is 1. The number of nitrogens with one attached hydrogen (secondary N) is 1. The number of nitrogens with two attached hydrogens (primary N) is 1. The Labute approximate surface area is 310 Å². The van der Waals surface area contributed by atoms with Gasteiger partial charge >= 0.3 is 12.7 Å². The summed E-state index contributed by atoms with van der Waals surface area (Å²) in [6.07, 6.45) is 8.84. The minimum atomic E-state index is -3.08. The van der Waals surface area contributed by atoms with E-state index >= 15 is 0 Å². The number of aromatic nitrogens is 2. The van der Waals surface area contributed by atoms with Crippen LogP contribution in [0.25, 0.3) is 0 Å². The molecule has 1 fully saturated rings. The summed E-state index contributed by atoms with van der Waals surface area (Å²) in [6, 6.07) is 4.58. The van der Waals surface area contributed by atoms with E-state index in [1.807, 2.05) is 13.8 Å². The first kappa shape index (κ1) is 40.9. The number of halogens is 3. The van der Waals surface area contributed by atoms with Crippen LogP contribution in [-0.4, -0.2) is 64.8 Å². The van der Waals surface area contributed by atoms with Gasteiger partial charge in [-0.05, 0) is 81.4 Å². The molecule has 15 heteroatoms. The number of aliphatic imine (C=N–C) groups is 1. The van der Waals surface area contributed by atoms with E-state index in [1.54, 1.807) is 56.0 Å². The second-order valence-corrected chi connectivity index (χ2v) is 14.3. The second-order valence-electron chi connectivity index (χ2n) is 13.6. The zero-order valence-electron chi connectivity index (χ0n) is 30.9. The van der Waals surface area contributed by atoms with E-state index in [0.29, 0.717) is 48.9 Å². The largest absolute Gasteiger partial charge is 0.444 e. The predicted molar refractivity (Wildman–Crippen MR) is 202 cm³/mol. The van der Waals surface area contributed by atoms with Crippen LogP contribution >= 0.6 is 9.24 Å². The summed E-state index contributed by atoms with van der Waals surface area (Å²) in [5.74, 6) is -1.17. The van der Waals surface area contributed by atoms with Gasteiger partial charge in [0.1, 0.15) is 17.2 Å². The maximum Gasteiger partial charge on any atom is 0.410 e. The van der Waals surface area contributed by atoms with Crippen LogP contribution in [0.5, 0.6) is 5.75 Å². The maximum absolute atomic E-state index is 14.4. The number of nitrogens with zero attached hydrogens (tertiary/aromatic N) is 4. The number of ketones is 1. The van der Waals surface area contributed by atoms with Crippen LogP contribution in [0.15, 0.2) is 88.6 Å². The van der Waals surface area contributed by atoms with Gasteiger partial charge in [-0.2, -0.15) is 13.9 Å². The van der Waals surface area contributed by atoms with Gasteiger partial charge in [-0.15, -0.1) is 9.24 Å². The van der Waals surface area contributed by atoms with E-state index in [9.17, 15) is 22.8 Å². The average molecular weight is 757 g/mol. The molecule has 1 aromatic heterocycles. The molecular weight excluding hydrogens is 708 g/mol. The molecule has 53 heavy (non-hydrogen) atoms. The Morgan fingerprint density at radius 3 is 2.53 bits per heavy atom. The molecule has 0 spiro atoms. The summed E-state index contributed by atoms with van der Waals surface area (Å²) >= 11 is 0. The fourth-order valence-corrected chi connectivity index (χ4v) is 6.19. The predicted octanol–water partition coefficient (Wildman–Crippen LogP) is 7.06. The Morgan fingerprint density at radius 2 is 1.94 bits per heavy atom. The van der Waals surface area contributed by atoms with Gasteiger partial charge in [-0.25, -0.2) is 13.9 Å². The van der Waals surface area contributed by atoms with Crippen LogP contribution in [0.4, 0.5) is 23.8 Å². The van der Waals surface area contributed by atoms with Crippen molar-refractivity contribution in [1.82, 2.24) is 20.0 Å². The first-order chi connectivity index (χ1) is 25.0. The van der Waals surface area contributed by atoms with Gasteiger partial charge in [0.2, 0.25) is 11.7 Å². The number of allylic oxidation sites excluding steroid dienone is 6. The molecule has 2 unspecified atom stereocenters. The standard InChI is InChI=1S/C38H48F3N6O5P/c1-8-23(18-32(43-7)51-34-27(39)11-10-12-31(34)53)21-47-35(42)26(20-44-47)33(48)29-17-22(3)28(45-29)19-25(30(9-2)50-36(40)41)24-13-15-46(16-14-24)37(49)52-38(4,5)6/h9-12,17-20,22,24,36,45H,2,8,13-16,21,42,53H2,1,3-7H3/b23-18-,28-19+,30-25-,43-32?. The maximum atomic E-state index is 14.4. The number of nitrogen functional groups attached to an aromatic ring is 1. The number of rotatable bonds is 12. The van der Waals surface area contributed by atoms with Gasteiger partial charge in [0.15, 0.2) is 11.6 Å². The van der Waals surface area contributed by atoms with Crippen molar-refractivity contribution in [1.29, 1.82) is 0 Å². The fraction of sp³-hybridized carbons (Fsp3) is 0.421. The van der Waals surface area contributed by atoms with Crippen molar-refractivity contribution in [2.45, 2.75) is 72.6 Å². The lowest BCUT2D eigenvalue weighted by molar-refractivity contribution is -0.0932. The highest BCUT2D eigenvalue weighted by Gasteiger charge is 2.32. The minimum Gasteiger partial charge on any atom is -0.444 e. The smallest absolute Gasteiger partial charge is 0.410 e. The number of likely N-dealkylation sites (tertiary alicyclic amines) is 1. The van der Waals surface area contributed by atoms with E-state index in [1.165, 1.54) is 30.1 Å². The number of amides is 1. The average Bonchev–Trinajstić information content (AvgIpc) is 3.66. The summed E-state index contributed by atoms with van der Waals surface area (Å²) in [6.45, 7) is 10.7. The summed E-state index contributed by atoms with van der Waals surface area (Å²) < 4.78 is 59.0. The van der Waals surface area contributed by atoms with Crippen molar-refractivity contribution in [3.05, 3.63) is 95.0 Å². The summed E-state index contributed by atoms with van der Waals surface area (Å²) in [4.78, 5) is 32.2. The highest BCUT2D eigenvalue weighted by Crippen LogP contribution is 2.34.